The molecule has 0 bridgehead atoms. The van der Waals surface area contributed by atoms with Crippen LogP contribution in [0.25, 0.3) is 0 Å². The van der Waals surface area contributed by atoms with Crippen LogP contribution in [0.1, 0.15) is 6.42 Å². The Morgan fingerprint density at radius 3 is 2.33 bits per heavy atom. The number of nitrogens with one attached hydrogen (secondary N) is 2. The van der Waals surface area contributed by atoms with Crippen molar-refractivity contribution in [1.29, 1.82) is 0 Å². The first kappa shape index (κ1) is 11.2. The maximum Gasteiger partial charge on any atom is 0.397 e. The van der Waals surface area contributed by atoms with Gasteiger partial charge in [0.25, 0.3) is 0 Å². The van der Waals surface area contributed by atoms with E-state index in [0.29, 0.717) is 6.54 Å². The van der Waals surface area contributed by atoms with Crippen molar-refractivity contribution in [2.45, 2.75) is 12.6 Å². The molecule has 0 radical (unpaired) electrons. The zero-order valence-corrected chi connectivity index (χ0v) is 6.66. The lowest BCUT2D eigenvalue weighted by Crippen LogP contribution is -2.33. The molecule has 2 N–H and O–H groups in total. The Bertz CT molecular complexity index is 146. The van der Waals surface area contributed by atoms with Crippen LogP contribution in [0.15, 0.2) is 0 Å². The number of halogens is 3. The first-order valence-corrected chi connectivity index (χ1v) is 3.44. The van der Waals surface area contributed by atoms with Crippen molar-refractivity contribution in [1.82, 2.24) is 10.6 Å². The van der Waals surface area contributed by atoms with Gasteiger partial charge in [0, 0.05) is 13.1 Å². The van der Waals surface area contributed by atoms with Gasteiger partial charge < -0.3 is 10.6 Å². The van der Waals surface area contributed by atoms with Crippen LogP contribution in [-0.2, 0) is 4.79 Å². The highest BCUT2D eigenvalue weighted by atomic mass is 19.4. The minimum Gasteiger partial charge on any atom is -0.355 e. The van der Waals surface area contributed by atoms with Crippen molar-refractivity contribution in [3.63, 3.8) is 0 Å². The molecule has 72 valence electrons. The highest BCUT2D eigenvalue weighted by molar-refractivity contribution is 5.76. The minimum absolute atomic E-state index is 0.214. The van der Waals surface area contributed by atoms with Crippen molar-refractivity contribution in [2.75, 3.05) is 20.1 Å². The lowest BCUT2D eigenvalue weighted by Gasteiger charge is -2.06. The van der Waals surface area contributed by atoms with E-state index in [-0.39, 0.29) is 6.54 Å². The summed E-state index contributed by atoms with van der Waals surface area (Å²) in [7, 11) is 1.65. The SMILES string of the molecule is CNCCNC(=O)CC(F)(F)F. The van der Waals surface area contributed by atoms with Gasteiger partial charge in [0.05, 0.1) is 0 Å². The first-order chi connectivity index (χ1) is 5.45. The number of hydrogen-bond acceptors (Lipinski definition) is 2. The van der Waals surface area contributed by atoms with Crippen molar-refractivity contribution in [2.24, 2.45) is 0 Å². The van der Waals surface area contributed by atoms with Gasteiger partial charge in [0.15, 0.2) is 0 Å². The number of carbonyl (C=O) groups is 1. The maximum atomic E-state index is 11.5. The topological polar surface area (TPSA) is 41.1 Å². The molecule has 0 unspecified atom stereocenters. The molecule has 0 fully saturated rings. The predicted octanol–water partition coefficient (Wildman–Crippen LogP) is 0.274. The molecule has 12 heavy (non-hydrogen) atoms. The van der Waals surface area contributed by atoms with E-state index in [1.54, 1.807) is 7.05 Å². The molecular formula is C6H11F3N2O. The van der Waals surface area contributed by atoms with Crippen molar-refractivity contribution in [3.8, 4) is 0 Å². The van der Waals surface area contributed by atoms with E-state index in [0.717, 1.165) is 0 Å². The summed E-state index contributed by atoms with van der Waals surface area (Å²) < 4.78 is 34.6. The molecule has 0 aromatic heterocycles. The van der Waals surface area contributed by atoms with Crippen LogP contribution >= 0.6 is 0 Å². The Balaban J connectivity index is 3.47. The van der Waals surface area contributed by atoms with Crippen LogP contribution in [-0.4, -0.2) is 32.2 Å². The zero-order valence-electron chi connectivity index (χ0n) is 6.66. The molecule has 0 aliphatic carbocycles. The highest BCUT2D eigenvalue weighted by Gasteiger charge is 2.30. The normalized spacial score (nSPS) is 11.3. The van der Waals surface area contributed by atoms with Crippen molar-refractivity contribution >= 4 is 5.91 Å². The first-order valence-electron chi connectivity index (χ1n) is 3.44. The average Bonchev–Trinajstić information content (AvgIpc) is 1.84. The van der Waals surface area contributed by atoms with Gasteiger partial charge in [-0.25, -0.2) is 0 Å². The van der Waals surface area contributed by atoms with E-state index in [2.05, 4.69) is 10.6 Å². The smallest absolute Gasteiger partial charge is 0.355 e. The molecule has 1 amide bonds. The summed E-state index contributed by atoms with van der Waals surface area (Å²) >= 11 is 0. The summed E-state index contributed by atoms with van der Waals surface area (Å²) in [5, 5.41) is 4.81. The van der Waals surface area contributed by atoms with Crippen LogP contribution in [0, 0.1) is 0 Å². The summed E-state index contributed by atoms with van der Waals surface area (Å²) in [4.78, 5) is 10.5. The number of alkyl halides is 3. The second-order valence-electron chi connectivity index (χ2n) is 2.25. The Morgan fingerprint density at radius 2 is 1.92 bits per heavy atom. The molecule has 0 aromatic carbocycles. The Kier molecular flexibility index (Phi) is 4.65. The van der Waals surface area contributed by atoms with Crippen molar-refractivity contribution in [3.05, 3.63) is 0 Å². The number of hydrogen-bond donors (Lipinski definition) is 2. The fourth-order valence-electron chi connectivity index (χ4n) is 0.571. The Labute approximate surface area is 68.3 Å². The van der Waals surface area contributed by atoms with Gasteiger partial charge in [-0.05, 0) is 7.05 Å². The van der Waals surface area contributed by atoms with Gasteiger partial charge in [0.1, 0.15) is 6.42 Å². The van der Waals surface area contributed by atoms with E-state index >= 15 is 0 Å². The summed E-state index contributed by atoms with van der Waals surface area (Å²) in [5.41, 5.74) is 0. The van der Waals surface area contributed by atoms with E-state index in [4.69, 9.17) is 0 Å². The summed E-state index contributed by atoms with van der Waals surface area (Å²) in [6.07, 6.45) is -5.82. The number of carbonyl (C=O) groups excluding carboxylic acids is 1. The van der Waals surface area contributed by atoms with Gasteiger partial charge in [-0.15, -0.1) is 0 Å². The molecule has 0 heterocycles. The van der Waals surface area contributed by atoms with E-state index < -0.39 is 18.5 Å². The lowest BCUT2D eigenvalue weighted by atomic mass is 10.4. The molecular weight excluding hydrogens is 173 g/mol. The molecule has 0 rings (SSSR count). The highest BCUT2D eigenvalue weighted by Crippen LogP contribution is 2.18. The number of rotatable bonds is 4. The summed E-state index contributed by atoms with van der Waals surface area (Å²) in [6.45, 7) is 0.676. The van der Waals surface area contributed by atoms with Gasteiger partial charge in [-0.2, -0.15) is 13.2 Å². The molecule has 0 saturated carbocycles. The molecule has 0 aliphatic heterocycles. The molecule has 0 atom stereocenters. The molecule has 0 aliphatic rings. The molecule has 0 saturated heterocycles. The molecule has 6 heteroatoms. The van der Waals surface area contributed by atoms with Crippen molar-refractivity contribution < 1.29 is 18.0 Å². The fraction of sp³-hybridized carbons (Fsp3) is 0.833. The summed E-state index contributed by atoms with van der Waals surface area (Å²) in [6, 6.07) is 0. The lowest BCUT2D eigenvalue weighted by molar-refractivity contribution is -0.153. The van der Waals surface area contributed by atoms with Crippen LogP contribution in [0.4, 0.5) is 13.2 Å². The van der Waals surface area contributed by atoms with Gasteiger partial charge in [-0.3, -0.25) is 4.79 Å². The standard InChI is InChI=1S/C6H11F3N2O/c1-10-2-3-11-5(12)4-6(7,8)9/h10H,2-4H2,1H3,(H,11,12). The van der Waals surface area contributed by atoms with Crippen LogP contribution < -0.4 is 10.6 Å². The second-order valence-corrected chi connectivity index (χ2v) is 2.25. The van der Waals surface area contributed by atoms with Gasteiger partial charge in [0.2, 0.25) is 5.91 Å². The Hall–Kier alpha value is -0.780. The second kappa shape index (κ2) is 4.97. The predicted molar refractivity (Wildman–Crippen MR) is 37.6 cm³/mol. The Morgan fingerprint density at radius 1 is 1.33 bits per heavy atom. The zero-order chi connectivity index (χ0) is 9.61. The largest absolute Gasteiger partial charge is 0.397 e. The van der Waals surface area contributed by atoms with Crippen LogP contribution in [0.3, 0.4) is 0 Å². The maximum absolute atomic E-state index is 11.5. The summed E-state index contributed by atoms with van der Waals surface area (Å²) in [5.74, 6) is -0.988. The number of amides is 1. The van der Waals surface area contributed by atoms with Gasteiger partial charge in [-0.1, -0.05) is 0 Å². The third-order valence-electron chi connectivity index (χ3n) is 1.06. The third kappa shape index (κ3) is 7.33. The average molecular weight is 184 g/mol. The van der Waals surface area contributed by atoms with E-state index in [1.165, 1.54) is 0 Å². The quantitative estimate of drug-likeness (QED) is 0.616. The molecule has 0 aromatic rings. The monoisotopic (exact) mass is 184 g/mol. The van der Waals surface area contributed by atoms with Crippen LogP contribution in [0.2, 0.25) is 0 Å². The van der Waals surface area contributed by atoms with E-state index in [9.17, 15) is 18.0 Å². The minimum atomic E-state index is -4.41. The third-order valence-corrected chi connectivity index (χ3v) is 1.06. The van der Waals surface area contributed by atoms with Crippen LogP contribution in [0.5, 0.6) is 0 Å². The van der Waals surface area contributed by atoms with Gasteiger partial charge >= 0.3 is 6.18 Å². The van der Waals surface area contributed by atoms with E-state index in [1.807, 2.05) is 0 Å². The number of likely N-dealkylation sites (N-methyl/N-ethyl adjacent to an activating group) is 1. The molecule has 0 spiro atoms. The fourth-order valence-corrected chi connectivity index (χ4v) is 0.571. The molecule has 3 nitrogen and oxygen atoms in total.